The maximum atomic E-state index is 2.55. The van der Waals surface area contributed by atoms with Crippen LogP contribution in [0.4, 0.5) is 5.69 Å². The molecule has 0 bridgehead atoms. The van der Waals surface area contributed by atoms with Crippen molar-refractivity contribution in [3.63, 3.8) is 0 Å². The van der Waals surface area contributed by atoms with Crippen molar-refractivity contribution in [2.75, 3.05) is 31.1 Å². The molecule has 16 heavy (non-hydrogen) atoms. The van der Waals surface area contributed by atoms with E-state index < -0.39 is 0 Å². The van der Waals surface area contributed by atoms with Crippen molar-refractivity contribution in [1.82, 2.24) is 4.90 Å². The maximum Gasteiger partial charge on any atom is 0.0369 e. The quantitative estimate of drug-likeness (QED) is 0.752. The lowest BCUT2D eigenvalue weighted by Crippen LogP contribution is -2.48. The molecule has 0 saturated carbocycles. The van der Waals surface area contributed by atoms with E-state index in [2.05, 4.69) is 54.8 Å². The van der Waals surface area contributed by atoms with Crippen LogP contribution in [0.1, 0.15) is 19.4 Å². The van der Waals surface area contributed by atoms with E-state index in [0.717, 1.165) is 13.1 Å². The minimum Gasteiger partial charge on any atom is -0.369 e. The van der Waals surface area contributed by atoms with Gasteiger partial charge in [-0.25, -0.2) is 0 Å². The van der Waals surface area contributed by atoms with E-state index in [1.807, 2.05) is 0 Å². The van der Waals surface area contributed by atoms with E-state index in [1.54, 1.807) is 0 Å². The summed E-state index contributed by atoms with van der Waals surface area (Å²) < 4.78 is 0. The van der Waals surface area contributed by atoms with Crippen LogP contribution in [-0.4, -0.2) is 37.1 Å². The number of anilines is 1. The van der Waals surface area contributed by atoms with Crippen molar-refractivity contribution in [2.24, 2.45) is 0 Å². The molecule has 1 saturated heterocycles. The molecule has 0 atom stereocenters. The fraction of sp³-hybridized carbons (Fsp3) is 0.571. The van der Waals surface area contributed by atoms with Gasteiger partial charge < -0.3 is 4.90 Å². The third-order valence-electron chi connectivity index (χ3n) is 3.41. The van der Waals surface area contributed by atoms with Gasteiger partial charge in [0.25, 0.3) is 0 Å². The highest BCUT2D eigenvalue weighted by atomic mass is 15.3. The molecule has 0 radical (unpaired) electrons. The first kappa shape index (κ1) is 11.5. The van der Waals surface area contributed by atoms with Gasteiger partial charge in [0.1, 0.15) is 0 Å². The number of piperazine rings is 1. The smallest absolute Gasteiger partial charge is 0.0369 e. The second kappa shape index (κ2) is 4.88. The first-order valence-electron chi connectivity index (χ1n) is 6.22. The molecule has 88 valence electrons. The molecule has 0 N–H and O–H groups in total. The van der Waals surface area contributed by atoms with Crippen molar-refractivity contribution in [3.8, 4) is 0 Å². The number of hydrogen-bond donors (Lipinski definition) is 0. The normalized spacial score (nSPS) is 18.1. The second-order valence-electron chi connectivity index (χ2n) is 4.96. The van der Waals surface area contributed by atoms with E-state index in [9.17, 15) is 0 Å². The summed E-state index contributed by atoms with van der Waals surface area (Å²) >= 11 is 0. The monoisotopic (exact) mass is 218 g/mol. The Morgan fingerprint density at radius 3 is 2.31 bits per heavy atom. The minimum absolute atomic E-state index is 0.680. The summed E-state index contributed by atoms with van der Waals surface area (Å²) in [5.74, 6) is 0. The minimum atomic E-state index is 0.680. The zero-order chi connectivity index (χ0) is 11.5. The summed E-state index contributed by atoms with van der Waals surface area (Å²) in [5, 5.41) is 0. The van der Waals surface area contributed by atoms with Gasteiger partial charge >= 0.3 is 0 Å². The van der Waals surface area contributed by atoms with E-state index in [0.29, 0.717) is 6.04 Å². The van der Waals surface area contributed by atoms with Gasteiger partial charge in [-0.15, -0.1) is 0 Å². The Bertz CT molecular complexity index is 338. The summed E-state index contributed by atoms with van der Waals surface area (Å²) in [5.41, 5.74) is 2.73. The zero-order valence-corrected chi connectivity index (χ0v) is 10.6. The van der Waals surface area contributed by atoms with Crippen LogP contribution < -0.4 is 4.90 Å². The van der Waals surface area contributed by atoms with Gasteiger partial charge in [-0.1, -0.05) is 12.1 Å². The Labute approximate surface area is 98.9 Å². The molecule has 0 unspecified atom stereocenters. The van der Waals surface area contributed by atoms with Crippen molar-refractivity contribution < 1.29 is 0 Å². The number of benzene rings is 1. The van der Waals surface area contributed by atoms with Crippen molar-refractivity contribution >= 4 is 5.69 Å². The third kappa shape index (κ3) is 2.56. The molecule has 0 spiro atoms. The summed E-state index contributed by atoms with van der Waals surface area (Å²) in [7, 11) is 0. The van der Waals surface area contributed by atoms with E-state index >= 15 is 0 Å². The van der Waals surface area contributed by atoms with Crippen LogP contribution in [0, 0.1) is 6.92 Å². The molecule has 1 aliphatic heterocycles. The molecule has 2 nitrogen and oxygen atoms in total. The van der Waals surface area contributed by atoms with Gasteiger partial charge in [0.05, 0.1) is 0 Å². The topological polar surface area (TPSA) is 6.48 Å². The van der Waals surface area contributed by atoms with Gasteiger partial charge in [0, 0.05) is 37.9 Å². The SMILES string of the molecule is Cc1cccc(N2CCN(C(C)C)CC2)c1. The fourth-order valence-electron chi connectivity index (χ4n) is 2.32. The lowest BCUT2D eigenvalue weighted by Gasteiger charge is -2.38. The standard InChI is InChI=1S/C14H22N2/c1-12(2)15-7-9-16(10-8-15)14-6-4-5-13(3)11-14/h4-6,11-12H,7-10H2,1-3H3. The molecule has 1 fully saturated rings. The Hall–Kier alpha value is -1.02. The Kier molecular flexibility index (Phi) is 3.49. The van der Waals surface area contributed by atoms with Gasteiger partial charge in [0.2, 0.25) is 0 Å². The predicted octanol–water partition coefficient (Wildman–Crippen LogP) is 2.53. The van der Waals surface area contributed by atoms with E-state index in [4.69, 9.17) is 0 Å². The first-order valence-corrected chi connectivity index (χ1v) is 6.22. The van der Waals surface area contributed by atoms with Crippen molar-refractivity contribution in [3.05, 3.63) is 29.8 Å². The lowest BCUT2D eigenvalue weighted by molar-refractivity contribution is 0.209. The van der Waals surface area contributed by atoms with E-state index in [-0.39, 0.29) is 0 Å². The molecule has 1 aliphatic rings. The van der Waals surface area contributed by atoms with Crippen LogP contribution in [0.2, 0.25) is 0 Å². The molecular formula is C14H22N2. The summed E-state index contributed by atoms with van der Waals surface area (Å²) in [6, 6.07) is 9.50. The molecule has 2 rings (SSSR count). The summed E-state index contributed by atoms with van der Waals surface area (Å²) in [6.45, 7) is 11.4. The second-order valence-corrected chi connectivity index (χ2v) is 4.96. The Morgan fingerprint density at radius 2 is 1.75 bits per heavy atom. The van der Waals surface area contributed by atoms with Crippen LogP contribution in [-0.2, 0) is 0 Å². The molecule has 0 aromatic heterocycles. The molecular weight excluding hydrogens is 196 g/mol. The average Bonchev–Trinajstić information content (AvgIpc) is 2.29. The zero-order valence-electron chi connectivity index (χ0n) is 10.6. The Morgan fingerprint density at radius 1 is 1.06 bits per heavy atom. The highest BCUT2D eigenvalue weighted by Crippen LogP contribution is 2.18. The maximum absolute atomic E-state index is 2.55. The van der Waals surface area contributed by atoms with Crippen molar-refractivity contribution in [2.45, 2.75) is 26.8 Å². The first-order chi connectivity index (χ1) is 7.66. The van der Waals surface area contributed by atoms with Gasteiger partial charge in [-0.2, -0.15) is 0 Å². The molecule has 0 amide bonds. The lowest BCUT2D eigenvalue weighted by atomic mass is 10.2. The number of hydrogen-bond acceptors (Lipinski definition) is 2. The van der Waals surface area contributed by atoms with Crippen LogP contribution in [0.25, 0.3) is 0 Å². The summed E-state index contributed by atoms with van der Waals surface area (Å²) in [4.78, 5) is 5.04. The third-order valence-corrected chi connectivity index (χ3v) is 3.41. The molecule has 2 heteroatoms. The van der Waals surface area contributed by atoms with Gasteiger partial charge in [0.15, 0.2) is 0 Å². The van der Waals surface area contributed by atoms with Crippen LogP contribution in [0.3, 0.4) is 0 Å². The van der Waals surface area contributed by atoms with Crippen LogP contribution in [0.15, 0.2) is 24.3 Å². The van der Waals surface area contributed by atoms with Crippen LogP contribution >= 0.6 is 0 Å². The van der Waals surface area contributed by atoms with Gasteiger partial charge in [-0.05, 0) is 38.5 Å². The molecule has 1 aromatic carbocycles. The Balaban J connectivity index is 1.99. The average molecular weight is 218 g/mol. The number of nitrogens with zero attached hydrogens (tertiary/aromatic N) is 2. The fourth-order valence-corrected chi connectivity index (χ4v) is 2.32. The van der Waals surface area contributed by atoms with Crippen molar-refractivity contribution in [1.29, 1.82) is 0 Å². The molecule has 1 aromatic rings. The van der Waals surface area contributed by atoms with Gasteiger partial charge in [-0.3, -0.25) is 4.90 Å². The summed E-state index contributed by atoms with van der Waals surface area (Å²) in [6.07, 6.45) is 0. The highest BCUT2D eigenvalue weighted by molar-refractivity contribution is 5.48. The molecule has 0 aliphatic carbocycles. The van der Waals surface area contributed by atoms with E-state index in [1.165, 1.54) is 24.3 Å². The molecule has 1 heterocycles. The van der Waals surface area contributed by atoms with Crippen LogP contribution in [0.5, 0.6) is 0 Å². The predicted molar refractivity (Wildman–Crippen MR) is 70.1 cm³/mol. The number of rotatable bonds is 2. The largest absolute Gasteiger partial charge is 0.369 e. The highest BCUT2D eigenvalue weighted by Gasteiger charge is 2.18. The number of aryl methyl sites for hydroxylation is 1.